The van der Waals surface area contributed by atoms with Gasteiger partial charge in [0.05, 0.1) is 11.6 Å². The maximum Gasteiger partial charge on any atom is 0.226 e. The molecule has 0 fully saturated rings. The summed E-state index contributed by atoms with van der Waals surface area (Å²) in [5.41, 5.74) is 0.644. The molecule has 3 rings (SSSR count). The number of aromatic nitrogens is 4. The lowest BCUT2D eigenvalue weighted by molar-refractivity contribution is 0.795. The van der Waals surface area contributed by atoms with Crippen LogP contribution in [-0.4, -0.2) is 26.2 Å². The zero-order valence-corrected chi connectivity index (χ0v) is 11.8. The van der Waals surface area contributed by atoms with Gasteiger partial charge in [0, 0.05) is 17.3 Å². The Morgan fingerprint density at radius 1 is 1.47 bits per heavy atom. The second-order valence-electron chi connectivity index (χ2n) is 4.30. The quantitative estimate of drug-likeness (QED) is 0.725. The zero-order valence-electron chi connectivity index (χ0n) is 10.2. The maximum absolute atomic E-state index is 5.90. The number of aromatic amines is 1. The Morgan fingerprint density at radius 2 is 2.37 bits per heavy atom. The molecule has 0 saturated carbocycles. The third-order valence-electron chi connectivity index (χ3n) is 2.75. The molecule has 0 radical (unpaired) electrons. The molecule has 0 amide bonds. The zero-order chi connectivity index (χ0) is 13.2. The summed E-state index contributed by atoms with van der Waals surface area (Å²) < 4.78 is 0. The summed E-state index contributed by atoms with van der Waals surface area (Å²) in [6.07, 6.45) is 2.64. The van der Waals surface area contributed by atoms with Gasteiger partial charge in [-0.05, 0) is 30.0 Å². The fourth-order valence-electron chi connectivity index (χ4n) is 1.93. The fourth-order valence-corrected chi connectivity index (χ4v) is 2.94. The van der Waals surface area contributed by atoms with Crippen molar-refractivity contribution in [3.05, 3.63) is 33.9 Å². The molecule has 19 heavy (non-hydrogen) atoms. The van der Waals surface area contributed by atoms with Crippen molar-refractivity contribution in [2.45, 2.75) is 19.4 Å². The highest BCUT2D eigenvalue weighted by Gasteiger charge is 2.11. The third-order valence-corrected chi connectivity index (χ3v) is 3.82. The Kier molecular flexibility index (Phi) is 3.35. The molecular formula is C12H12ClN5S. The highest BCUT2D eigenvalue weighted by atomic mass is 35.5. The normalized spacial score (nSPS) is 12.7. The number of hydrogen-bond acceptors (Lipinski definition) is 5. The summed E-state index contributed by atoms with van der Waals surface area (Å²) in [6.45, 7) is 2.11. The molecule has 3 heterocycles. The van der Waals surface area contributed by atoms with E-state index in [1.54, 1.807) is 17.5 Å². The van der Waals surface area contributed by atoms with Crippen LogP contribution in [0.5, 0.6) is 0 Å². The lowest BCUT2D eigenvalue weighted by Gasteiger charge is -2.14. The Hall–Kier alpha value is -1.66. The van der Waals surface area contributed by atoms with Crippen LogP contribution in [0.25, 0.3) is 11.0 Å². The van der Waals surface area contributed by atoms with Gasteiger partial charge in [-0.1, -0.05) is 6.07 Å². The molecule has 3 aromatic rings. The van der Waals surface area contributed by atoms with E-state index in [9.17, 15) is 0 Å². The number of nitrogens with zero attached hydrogens (tertiary/aromatic N) is 3. The van der Waals surface area contributed by atoms with Gasteiger partial charge in [0.2, 0.25) is 5.28 Å². The molecule has 0 saturated heterocycles. The van der Waals surface area contributed by atoms with E-state index in [0.717, 1.165) is 11.8 Å². The standard InChI is InChI=1S/C12H12ClN5S/c1-7(5-8-3-2-4-19-8)15-10-9-6-14-18-11(9)17-12(13)16-10/h2-4,6-7H,5H2,1H3,(H2,14,15,16,17,18). The van der Waals surface area contributed by atoms with Crippen molar-refractivity contribution in [3.63, 3.8) is 0 Å². The van der Waals surface area contributed by atoms with Gasteiger partial charge >= 0.3 is 0 Å². The molecule has 0 aliphatic carbocycles. The van der Waals surface area contributed by atoms with Crippen LogP contribution in [0.15, 0.2) is 23.7 Å². The van der Waals surface area contributed by atoms with Crippen LogP contribution in [0.3, 0.4) is 0 Å². The van der Waals surface area contributed by atoms with Crippen LogP contribution in [0, 0.1) is 0 Å². The second kappa shape index (κ2) is 5.14. The summed E-state index contributed by atoms with van der Waals surface area (Å²) in [6, 6.07) is 4.44. The van der Waals surface area contributed by atoms with Gasteiger partial charge < -0.3 is 5.32 Å². The second-order valence-corrected chi connectivity index (χ2v) is 5.67. The average Bonchev–Trinajstić information content (AvgIpc) is 2.99. The number of rotatable bonds is 4. The molecule has 7 heteroatoms. The summed E-state index contributed by atoms with van der Waals surface area (Å²) in [5, 5.41) is 13.3. The van der Waals surface area contributed by atoms with Gasteiger partial charge in [-0.2, -0.15) is 15.1 Å². The summed E-state index contributed by atoms with van der Waals surface area (Å²) in [5.74, 6) is 0.716. The predicted octanol–water partition coefficient (Wildman–Crippen LogP) is 3.11. The van der Waals surface area contributed by atoms with Gasteiger partial charge in [-0.25, -0.2) is 0 Å². The van der Waals surface area contributed by atoms with Crippen molar-refractivity contribution in [3.8, 4) is 0 Å². The Balaban J connectivity index is 1.82. The monoisotopic (exact) mass is 293 g/mol. The minimum absolute atomic E-state index is 0.211. The van der Waals surface area contributed by atoms with Crippen molar-refractivity contribution < 1.29 is 0 Å². The van der Waals surface area contributed by atoms with Crippen molar-refractivity contribution in [2.75, 3.05) is 5.32 Å². The molecule has 0 aliphatic heterocycles. The largest absolute Gasteiger partial charge is 0.366 e. The van der Waals surface area contributed by atoms with Crippen molar-refractivity contribution in [1.82, 2.24) is 20.2 Å². The number of hydrogen-bond donors (Lipinski definition) is 2. The number of anilines is 1. The first-order valence-electron chi connectivity index (χ1n) is 5.88. The lowest BCUT2D eigenvalue weighted by atomic mass is 10.2. The van der Waals surface area contributed by atoms with Crippen molar-refractivity contribution in [2.24, 2.45) is 0 Å². The molecule has 2 N–H and O–H groups in total. The number of fused-ring (bicyclic) bond motifs is 1. The van der Waals surface area contributed by atoms with E-state index in [0.29, 0.717) is 11.5 Å². The molecule has 0 bridgehead atoms. The number of halogens is 1. The van der Waals surface area contributed by atoms with Crippen molar-refractivity contribution >= 4 is 39.8 Å². The van der Waals surface area contributed by atoms with Crippen LogP contribution in [0.4, 0.5) is 5.82 Å². The third kappa shape index (κ3) is 2.69. The fraction of sp³-hybridized carbons (Fsp3) is 0.250. The van der Waals surface area contributed by atoms with Gasteiger partial charge in [0.1, 0.15) is 5.82 Å². The maximum atomic E-state index is 5.90. The molecule has 3 aromatic heterocycles. The van der Waals surface area contributed by atoms with Gasteiger partial charge in [0.25, 0.3) is 0 Å². The molecule has 5 nitrogen and oxygen atoms in total. The van der Waals surface area contributed by atoms with Gasteiger partial charge in [0.15, 0.2) is 5.65 Å². The number of H-pyrrole nitrogens is 1. The molecule has 0 spiro atoms. The van der Waals surface area contributed by atoms with Crippen LogP contribution >= 0.6 is 22.9 Å². The topological polar surface area (TPSA) is 66.5 Å². The SMILES string of the molecule is CC(Cc1cccs1)Nc1nc(Cl)nc2[nH]ncc12. The molecular weight excluding hydrogens is 282 g/mol. The molecule has 0 aliphatic rings. The van der Waals surface area contributed by atoms with E-state index in [-0.39, 0.29) is 11.3 Å². The molecule has 98 valence electrons. The predicted molar refractivity (Wildman–Crippen MR) is 77.8 cm³/mol. The molecule has 1 atom stereocenters. The van der Waals surface area contributed by atoms with E-state index in [1.807, 2.05) is 0 Å². The highest BCUT2D eigenvalue weighted by molar-refractivity contribution is 7.09. The van der Waals surface area contributed by atoms with Crippen molar-refractivity contribution in [1.29, 1.82) is 0 Å². The van der Waals surface area contributed by atoms with E-state index in [4.69, 9.17) is 11.6 Å². The smallest absolute Gasteiger partial charge is 0.226 e. The number of thiophene rings is 1. The van der Waals surface area contributed by atoms with E-state index >= 15 is 0 Å². The Bertz CT molecular complexity index is 679. The minimum atomic E-state index is 0.211. The summed E-state index contributed by atoms with van der Waals surface area (Å²) >= 11 is 7.65. The summed E-state index contributed by atoms with van der Waals surface area (Å²) in [4.78, 5) is 9.64. The Labute approximate surface area is 119 Å². The van der Waals surface area contributed by atoms with Gasteiger partial charge in [-0.15, -0.1) is 11.3 Å². The average molecular weight is 294 g/mol. The summed E-state index contributed by atoms with van der Waals surface area (Å²) in [7, 11) is 0. The Morgan fingerprint density at radius 3 is 3.16 bits per heavy atom. The number of nitrogens with one attached hydrogen (secondary N) is 2. The molecule has 0 aromatic carbocycles. The first-order valence-corrected chi connectivity index (χ1v) is 7.13. The van der Waals surface area contributed by atoms with Crippen LogP contribution in [-0.2, 0) is 6.42 Å². The minimum Gasteiger partial charge on any atom is -0.366 e. The first kappa shape index (κ1) is 12.4. The lowest BCUT2D eigenvalue weighted by Crippen LogP contribution is -2.18. The highest BCUT2D eigenvalue weighted by Crippen LogP contribution is 2.21. The van der Waals surface area contributed by atoms with E-state index in [2.05, 4.69) is 49.9 Å². The van der Waals surface area contributed by atoms with Crippen LogP contribution in [0.1, 0.15) is 11.8 Å². The molecule has 1 unspecified atom stereocenters. The van der Waals surface area contributed by atoms with Crippen LogP contribution in [0.2, 0.25) is 5.28 Å². The van der Waals surface area contributed by atoms with Crippen LogP contribution < -0.4 is 5.32 Å². The first-order chi connectivity index (χ1) is 9.22. The van der Waals surface area contributed by atoms with E-state index < -0.39 is 0 Å². The van der Waals surface area contributed by atoms with E-state index in [1.165, 1.54) is 4.88 Å². The van der Waals surface area contributed by atoms with Gasteiger partial charge in [-0.3, -0.25) is 5.10 Å².